The second-order valence-electron chi connectivity index (χ2n) is 13.0. The van der Waals surface area contributed by atoms with Crippen LogP contribution in [0.2, 0.25) is 0 Å². The molecule has 2 N–H and O–H groups in total. The first-order chi connectivity index (χ1) is 22.5. The molecular weight excluding hydrogens is 697 g/mol. The molecule has 48 heavy (non-hydrogen) atoms. The van der Waals surface area contributed by atoms with Crippen LogP contribution in [0.4, 0.5) is 17.6 Å². The number of halogens is 4. The SMILES string of the molecule is CS(=O)(=O)NC1CCN(CC(O)Cn2nc(-c3ccc(C(F)(F)F)c(SCCN4CCC(F)CC4)c3)c3c2CCN(S(C)(=O)=O)C3)CC1. The van der Waals surface area contributed by atoms with E-state index in [0.717, 1.165) is 36.0 Å². The van der Waals surface area contributed by atoms with Crippen LogP contribution >= 0.6 is 11.8 Å². The summed E-state index contributed by atoms with van der Waals surface area (Å²) in [6.07, 6.45) is -1.66. The number of aliphatic hydroxyl groups excluding tert-OH is 1. The highest BCUT2D eigenvalue weighted by molar-refractivity contribution is 7.99. The van der Waals surface area contributed by atoms with Gasteiger partial charge in [-0.15, -0.1) is 11.8 Å². The van der Waals surface area contributed by atoms with Gasteiger partial charge in [-0.3, -0.25) is 4.68 Å². The van der Waals surface area contributed by atoms with Crippen molar-refractivity contribution in [1.29, 1.82) is 0 Å². The Morgan fingerprint density at radius 3 is 2.29 bits per heavy atom. The van der Waals surface area contributed by atoms with Crippen molar-refractivity contribution in [3.05, 3.63) is 35.0 Å². The number of rotatable bonds is 12. The van der Waals surface area contributed by atoms with Crippen molar-refractivity contribution < 1.29 is 39.5 Å². The van der Waals surface area contributed by atoms with Gasteiger partial charge in [0.15, 0.2) is 0 Å². The average Bonchev–Trinajstić information content (AvgIpc) is 3.35. The molecule has 1 unspecified atom stereocenters. The van der Waals surface area contributed by atoms with E-state index in [1.165, 1.54) is 16.4 Å². The molecule has 2 fully saturated rings. The molecule has 0 bridgehead atoms. The Balaban J connectivity index is 1.36. The van der Waals surface area contributed by atoms with E-state index in [2.05, 4.69) is 9.62 Å². The molecule has 270 valence electrons. The Labute approximate surface area is 284 Å². The van der Waals surface area contributed by atoms with Crippen LogP contribution < -0.4 is 4.72 Å². The predicted molar refractivity (Wildman–Crippen MR) is 176 cm³/mol. The maximum Gasteiger partial charge on any atom is 0.417 e. The van der Waals surface area contributed by atoms with E-state index in [0.29, 0.717) is 93.9 Å². The molecular formula is C30H44F4N6O5S3. The van der Waals surface area contributed by atoms with Gasteiger partial charge in [0.25, 0.3) is 0 Å². The van der Waals surface area contributed by atoms with Crippen molar-refractivity contribution >= 4 is 31.8 Å². The summed E-state index contributed by atoms with van der Waals surface area (Å²) >= 11 is 1.08. The molecule has 1 aromatic carbocycles. The Bertz CT molecular complexity index is 1640. The minimum absolute atomic E-state index is 0.00840. The highest BCUT2D eigenvalue weighted by atomic mass is 32.2. The lowest BCUT2D eigenvalue weighted by Gasteiger charge is -2.33. The molecule has 11 nitrogen and oxygen atoms in total. The minimum Gasteiger partial charge on any atom is -0.390 e. The molecule has 0 spiro atoms. The van der Waals surface area contributed by atoms with E-state index in [9.17, 15) is 39.5 Å². The van der Waals surface area contributed by atoms with Gasteiger partial charge < -0.3 is 14.9 Å². The first-order valence-electron chi connectivity index (χ1n) is 16.1. The van der Waals surface area contributed by atoms with Crippen LogP contribution in [-0.2, 0) is 45.7 Å². The Kier molecular flexibility index (Phi) is 11.9. The zero-order chi connectivity index (χ0) is 34.9. The molecule has 2 saturated heterocycles. The van der Waals surface area contributed by atoms with Gasteiger partial charge in [-0.05, 0) is 50.9 Å². The smallest absolute Gasteiger partial charge is 0.390 e. The number of alkyl halides is 4. The molecule has 1 atom stereocenters. The highest BCUT2D eigenvalue weighted by Crippen LogP contribution is 2.40. The fourth-order valence-corrected chi connectivity index (χ4v) is 9.40. The number of piperidine rings is 2. The van der Waals surface area contributed by atoms with Crippen LogP contribution in [0, 0.1) is 0 Å². The zero-order valence-corrected chi connectivity index (χ0v) is 29.6. The summed E-state index contributed by atoms with van der Waals surface area (Å²) in [5, 5.41) is 15.8. The van der Waals surface area contributed by atoms with Crippen LogP contribution in [0.25, 0.3) is 11.3 Å². The molecule has 2 aromatic rings. The van der Waals surface area contributed by atoms with E-state index in [4.69, 9.17) is 5.10 Å². The Morgan fingerprint density at radius 2 is 1.67 bits per heavy atom. The molecule has 18 heteroatoms. The lowest BCUT2D eigenvalue weighted by molar-refractivity contribution is -0.139. The molecule has 1 aromatic heterocycles. The average molecular weight is 741 g/mol. The first-order valence-corrected chi connectivity index (χ1v) is 20.8. The summed E-state index contributed by atoms with van der Waals surface area (Å²) < 4.78 is 109. The third-order valence-electron chi connectivity index (χ3n) is 9.13. The fraction of sp³-hybridized carbons (Fsp3) is 0.700. The van der Waals surface area contributed by atoms with Crippen molar-refractivity contribution in [2.45, 2.75) is 74.6 Å². The standard InChI is InChI=1S/C30H44F4N6O5S3/c1-47(42,43)36-23-7-12-38(13-8-23)18-24(41)19-40-27-9-14-39(48(2,44)45)20-25(27)29(35-40)21-3-4-26(30(32,33)34)28(17-21)46-16-15-37-10-5-22(31)6-11-37/h3-4,17,22-24,36,41H,5-16,18-20H2,1-2H3. The topological polar surface area (TPSA) is 128 Å². The van der Waals surface area contributed by atoms with Gasteiger partial charge in [0.2, 0.25) is 20.0 Å². The summed E-state index contributed by atoms with van der Waals surface area (Å²) in [5.41, 5.74) is 1.35. The van der Waals surface area contributed by atoms with E-state index in [-0.39, 0.29) is 30.6 Å². The van der Waals surface area contributed by atoms with Gasteiger partial charge in [-0.1, -0.05) is 6.07 Å². The molecule has 3 aliphatic rings. The van der Waals surface area contributed by atoms with Gasteiger partial charge in [0, 0.05) is 79.2 Å². The van der Waals surface area contributed by atoms with Crippen molar-refractivity contribution in [3.8, 4) is 11.3 Å². The van der Waals surface area contributed by atoms with Gasteiger partial charge in [-0.2, -0.15) is 22.6 Å². The number of hydrogen-bond donors (Lipinski definition) is 2. The summed E-state index contributed by atoms with van der Waals surface area (Å²) in [5.74, 6) is 0.381. The number of hydrogen-bond acceptors (Lipinski definition) is 9. The molecule has 0 radical (unpaired) electrons. The maximum atomic E-state index is 14.1. The predicted octanol–water partition coefficient (Wildman–Crippen LogP) is 2.79. The molecule has 3 aliphatic heterocycles. The maximum absolute atomic E-state index is 14.1. The Hall–Kier alpha value is -1.80. The number of fused-ring (bicyclic) bond motifs is 1. The summed E-state index contributed by atoms with van der Waals surface area (Å²) in [7, 11) is -6.87. The largest absolute Gasteiger partial charge is 0.417 e. The number of likely N-dealkylation sites (tertiary alicyclic amines) is 2. The number of thioether (sulfide) groups is 1. The molecule has 0 aliphatic carbocycles. The molecule has 5 rings (SSSR count). The summed E-state index contributed by atoms with van der Waals surface area (Å²) in [6, 6.07) is 3.69. The van der Waals surface area contributed by atoms with E-state index >= 15 is 0 Å². The normalized spacial score (nSPS) is 20.6. The number of sulfonamides is 2. The van der Waals surface area contributed by atoms with Crippen molar-refractivity contribution in [2.75, 3.05) is 64.1 Å². The van der Waals surface area contributed by atoms with E-state index in [1.807, 2.05) is 4.90 Å². The van der Waals surface area contributed by atoms with Gasteiger partial charge in [0.1, 0.15) is 6.17 Å². The minimum atomic E-state index is -4.58. The van der Waals surface area contributed by atoms with Gasteiger partial charge in [-0.25, -0.2) is 25.9 Å². The quantitative estimate of drug-likeness (QED) is 0.250. The molecule has 0 amide bonds. The molecule has 0 saturated carbocycles. The lowest BCUT2D eigenvalue weighted by Crippen LogP contribution is -2.46. The number of nitrogens with one attached hydrogen (secondary N) is 1. The second kappa shape index (κ2) is 15.2. The van der Waals surface area contributed by atoms with Gasteiger partial charge in [0.05, 0.1) is 36.4 Å². The van der Waals surface area contributed by atoms with E-state index < -0.39 is 44.1 Å². The number of aromatic nitrogens is 2. The van der Waals surface area contributed by atoms with Crippen LogP contribution in [0.15, 0.2) is 23.1 Å². The second-order valence-corrected chi connectivity index (χ2v) is 17.9. The highest BCUT2D eigenvalue weighted by Gasteiger charge is 2.35. The number of aliphatic hydroxyl groups is 1. The van der Waals surface area contributed by atoms with Gasteiger partial charge >= 0.3 is 6.18 Å². The van der Waals surface area contributed by atoms with Crippen LogP contribution in [-0.4, -0.2) is 128 Å². The number of β-amino-alcohol motifs (C(OH)–C–C–N with tert-alkyl or cyclic N) is 1. The van der Waals surface area contributed by atoms with Crippen LogP contribution in [0.1, 0.15) is 42.5 Å². The van der Waals surface area contributed by atoms with Crippen LogP contribution in [0.3, 0.4) is 0 Å². The summed E-state index contributed by atoms with van der Waals surface area (Å²) in [6.45, 7) is 3.48. The van der Waals surface area contributed by atoms with Crippen molar-refractivity contribution in [2.24, 2.45) is 0 Å². The first kappa shape index (κ1) is 37.5. The van der Waals surface area contributed by atoms with Crippen molar-refractivity contribution in [1.82, 2.24) is 28.6 Å². The monoisotopic (exact) mass is 740 g/mol. The molecule has 4 heterocycles. The van der Waals surface area contributed by atoms with Crippen molar-refractivity contribution in [3.63, 3.8) is 0 Å². The number of nitrogens with zero attached hydrogens (tertiary/aromatic N) is 5. The fourth-order valence-electron chi connectivity index (χ4n) is 6.66. The third kappa shape index (κ3) is 9.92. The van der Waals surface area contributed by atoms with E-state index in [1.54, 1.807) is 4.68 Å². The zero-order valence-electron chi connectivity index (χ0n) is 27.1. The third-order valence-corrected chi connectivity index (χ3v) is 12.2. The lowest BCUT2D eigenvalue weighted by atomic mass is 10.0. The Morgan fingerprint density at radius 1 is 1.00 bits per heavy atom. The number of benzene rings is 1. The summed E-state index contributed by atoms with van der Waals surface area (Å²) in [4.78, 5) is 4.14. The van der Waals surface area contributed by atoms with Crippen LogP contribution in [0.5, 0.6) is 0 Å².